The van der Waals surface area contributed by atoms with Crippen LogP contribution in [-0.2, 0) is 4.79 Å². The van der Waals surface area contributed by atoms with Gasteiger partial charge in [0.1, 0.15) is 23.2 Å². The maximum Gasteiger partial charge on any atom is 0.253 e. The number of hydrazone groups is 1. The number of carbonyl (C=O) groups is 1. The van der Waals surface area contributed by atoms with Crippen molar-refractivity contribution in [3.8, 4) is 11.4 Å². The van der Waals surface area contributed by atoms with E-state index >= 15 is 0 Å². The zero-order chi connectivity index (χ0) is 24.2. The van der Waals surface area contributed by atoms with Crippen molar-refractivity contribution in [2.75, 3.05) is 12.4 Å². The molecule has 2 aromatic carbocycles. The first-order valence-electron chi connectivity index (χ1n) is 11.3. The van der Waals surface area contributed by atoms with Crippen LogP contribution in [0.4, 0.5) is 0 Å². The Labute approximate surface area is 206 Å². The highest BCUT2D eigenvalue weighted by molar-refractivity contribution is 7.99. The zero-order valence-electron chi connectivity index (χ0n) is 19.4. The van der Waals surface area contributed by atoms with E-state index in [-0.39, 0.29) is 17.7 Å². The molecule has 10 heteroatoms. The quantitative estimate of drug-likeness (QED) is 0.338. The van der Waals surface area contributed by atoms with E-state index in [1.807, 2.05) is 74.5 Å². The number of para-hydroxylation sites is 2. The molecular formula is C25H24N6O3S. The third-order valence-corrected chi connectivity index (χ3v) is 6.49. The first kappa shape index (κ1) is 22.9. The largest absolute Gasteiger partial charge is 0.492 e. The Bertz CT molecular complexity index is 1330. The van der Waals surface area contributed by atoms with Crippen molar-refractivity contribution in [2.45, 2.75) is 31.5 Å². The van der Waals surface area contributed by atoms with Gasteiger partial charge in [-0.2, -0.15) is 9.78 Å². The molecule has 0 aliphatic carbocycles. The number of aryl methyl sites for hydroxylation is 1. The van der Waals surface area contributed by atoms with Crippen molar-refractivity contribution in [3.63, 3.8) is 0 Å². The lowest BCUT2D eigenvalue weighted by Gasteiger charge is -2.19. The normalized spacial score (nSPS) is 15.3. The summed E-state index contributed by atoms with van der Waals surface area (Å²) in [6, 6.07) is 19.0. The fourth-order valence-corrected chi connectivity index (χ4v) is 4.62. The van der Waals surface area contributed by atoms with Gasteiger partial charge in [0.15, 0.2) is 0 Å². The Kier molecular flexibility index (Phi) is 6.62. The predicted molar refractivity (Wildman–Crippen MR) is 132 cm³/mol. The fourth-order valence-electron chi connectivity index (χ4n) is 3.89. The standard InChI is InChI=1S/C25H24N6O3S/c1-3-33-22-8-5-4-7-20(22)31-25(26-28-29-31)35-16-24(32)30-21(23-9-6-14-34-23)15-19(27-30)18-12-10-17(2)11-13-18/h4-14,21H,3,15-16H2,1-2H3. The molecule has 1 amide bonds. The summed E-state index contributed by atoms with van der Waals surface area (Å²) < 4.78 is 12.9. The first-order chi connectivity index (χ1) is 17.1. The third kappa shape index (κ3) is 4.83. The number of benzene rings is 2. The fraction of sp³-hybridized carbons (Fsp3) is 0.240. The highest BCUT2D eigenvalue weighted by atomic mass is 32.2. The van der Waals surface area contributed by atoms with Crippen molar-refractivity contribution in [2.24, 2.45) is 5.10 Å². The molecule has 4 aromatic rings. The van der Waals surface area contributed by atoms with Crippen LogP contribution < -0.4 is 4.74 Å². The van der Waals surface area contributed by atoms with Gasteiger partial charge < -0.3 is 9.15 Å². The summed E-state index contributed by atoms with van der Waals surface area (Å²) in [6.45, 7) is 4.48. The van der Waals surface area contributed by atoms with Crippen molar-refractivity contribution >= 4 is 23.4 Å². The Morgan fingerprint density at radius 3 is 2.74 bits per heavy atom. The van der Waals surface area contributed by atoms with Gasteiger partial charge in [-0.25, -0.2) is 5.01 Å². The molecule has 1 aliphatic heterocycles. The summed E-state index contributed by atoms with van der Waals surface area (Å²) in [6.07, 6.45) is 2.19. The third-order valence-electron chi connectivity index (χ3n) is 5.58. The lowest BCUT2D eigenvalue weighted by Crippen LogP contribution is -2.28. The molecule has 0 saturated heterocycles. The van der Waals surface area contributed by atoms with Crippen LogP contribution in [0.15, 0.2) is 81.6 Å². The number of nitrogens with zero attached hydrogens (tertiary/aromatic N) is 6. The van der Waals surface area contributed by atoms with Crippen LogP contribution >= 0.6 is 11.8 Å². The summed E-state index contributed by atoms with van der Waals surface area (Å²) in [7, 11) is 0. The highest BCUT2D eigenvalue weighted by Gasteiger charge is 2.35. The second-order valence-corrected chi connectivity index (χ2v) is 8.89. The molecule has 1 atom stereocenters. The minimum Gasteiger partial charge on any atom is -0.492 e. The van der Waals surface area contributed by atoms with Crippen LogP contribution in [0.2, 0.25) is 0 Å². The number of furan rings is 1. The minimum absolute atomic E-state index is 0.110. The summed E-state index contributed by atoms with van der Waals surface area (Å²) in [5.41, 5.74) is 3.72. The summed E-state index contributed by atoms with van der Waals surface area (Å²) >= 11 is 1.25. The van der Waals surface area contributed by atoms with Gasteiger partial charge in [-0.1, -0.05) is 53.7 Å². The molecule has 3 heterocycles. The molecule has 0 fully saturated rings. The van der Waals surface area contributed by atoms with Gasteiger partial charge in [0, 0.05) is 6.42 Å². The van der Waals surface area contributed by atoms with Crippen LogP contribution in [0.3, 0.4) is 0 Å². The van der Waals surface area contributed by atoms with Gasteiger partial charge >= 0.3 is 0 Å². The van der Waals surface area contributed by atoms with E-state index in [2.05, 4.69) is 15.5 Å². The summed E-state index contributed by atoms with van der Waals surface area (Å²) in [4.78, 5) is 13.3. The van der Waals surface area contributed by atoms with E-state index in [9.17, 15) is 4.79 Å². The molecule has 9 nitrogen and oxygen atoms in total. The molecule has 178 valence electrons. The number of hydrogen-bond donors (Lipinski definition) is 0. The number of aromatic nitrogens is 4. The molecule has 2 aromatic heterocycles. The lowest BCUT2D eigenvalue weighted by atomic mass is 10.0. The summed E-state index contributed by atoms with van der Waals surface area (Å²) in [5, 5.41) is 18.7. The number of ether oxygens (including phenoxy) is 1. The minimum atomic E-state index is -0.302. The average molecular weight is 489 g/mol. The lowest BCUT2D eigenvalue weighted by molar-refractivity contribution is -0.130. The second kappa shape index (κ2) is 10.1. The van der Waals surface area contributed by atoms with Crippen molar-refractivity contribution < 1.29 is 13.9 Å². The van der Waals surface area contributed by atoms with Gasteiger partial charge in [-0.15, -0.1) is 5.10 Å². The molecular weight excluding hydrogens is 464 g/mol. The van der Waals surface area contributed by atoms with E-state index in [0.717, 1.165) is 11.3 Å². The van der Waals surface area contributed by atoms with E-state index in [4.69, 9.17) is 14.3 Å². The SMILES string of the molecule is CCOc1ccccc1-n1nnnc1SCC(=O)N1N=C(c2ccc(C)cc2)CC1c1ccco1. The van der Waals surface area contributed by atoms with Gasteiger partial charge in [-0.05, 0) is 54.1 Å². The molecule has 1 aliphatic rings. The number of amides is 1. The topological polar surface area (TPSA) is 98.6 Å². The number of thioether (sulfide) groups is 1. The van der Waals surface area contributed by atoms with Crippen LogP contribution in [0, 0.1) is 6.92 Å². The Balaban J connectivity index is 1.36. The van der Waals surface area contributed by atoms with Crippen LogP contribution in [-0.4, -0.2) is 49.2 Å². The first-order valence-corrected chi connectivity index (χ1v) is 12.3. The molecule has 5 rings (SSSR count). The van der Waals surface area contributed by atoms with Gasteiger partial charge in [0.25, 0.3) is 5.91 Å². The molecule has 0 spiro atoms. The Morgan fingerprint density at radius 2 is 1.97 bits per heavy atom. The smallest absolute Gasteiger partial charge is 0.253 e. The van der Waals surface area contributed by atoms with E-state index in [1.165, 1.54) is 22.3 Å². The second-order valence-electron chi connectivity index (χ2n) is 7.95. The van der Waals surface area contributed by atoms with E-state index < -0.39 is 0 Å². The molecule has 35 heavy (non-hydrogen) atoms. The Hall–Kier alpha value is -3.92. The molecule has 1 unspecified atom stereocenters. The van der Waals surface area contributed by atoms with Gasteiger partial charge in [-0.3, -0.25) is 4.79 Å². The van der Waals surface area contributed by atoms with Crippen LogP contribution in [0.1, 0.15) is 36.3 Å². The van der Waals surface area contributed by atoms with Crippen LogP contribution in [0.5, 0.6) is 5.75 Å². The molecule has 0 saturated carbocycles. The maximum atomic E-state index is 13.3. The number of hydrogen-bond acceptors (Lipinski definition) is 8. The molecule has 0 N–H and O–H groups in total. The molecule has 0 bridgehead atoms. The van der Waals surface area contributed by atoms with Gasteiger partial charge in [0.05, 0.1) is 24.3 Å². The molecule has 0 radical (unpaired) electrons. The number of tetrazole rings is 1. The van der Waals surface area contributed by atoms with E-state index in [0.29, 0.717) is 35.4 Å². The monoisotopic (exact) mass is 488 g/mol. The summed E-state index contributed by atoms with van der Waals surface area (Å²) in [5.74, 6) is 1.31. The average Bonchev–Trinajstić information content (AvgIpc) is 3.64. The van der Waals surface area contributed by atoms with Crippen LogP contribution in [0.25, 0.3) is 5.69 Å². The predicted octanol–water partition coefficient (Wildman–Crippen LogP) is 4.43. The van der Waals surface area contributed by atoms with Crippen molar-refractivity contribution in [1.82, 2.24) is 25.2 Å². The van der Waals surface area contributed by atoms with E-state index in [1.54, 1.807) is 10.9 Å². The Morgan fingerprint density at radius 1 is 1.14 bits per heavy atom. The van der Waals surface area contributed by atoms with Crippen molar-refractivity contribution in [3.05, 3.63) is 83.8 Å². The number of rotatable bonds is 8. The maximum absolute atomic E-state index is 13.3. The zero-order valence-corrected chi connectivity index (χ0v) is 20.2. The van der Waals surface area contributed by atoms with Crippen molar-refractivity contribution in [1.29, 1.82) is 0 Å². The van der Waals surface area contributed by atoms with Gasteiger partial charge in [0.2, 0.25) is 5.16 Å². The number of carbonyl (C=O) groups excluding carboxylic acids is 1. The highest BCUT2D eigenvalue weighted by Crippen LogP contribution is 2.34.